The molecule has 0 bridgehead atoms. The summed E-state index contributed by atoms with van der Waals surface area (Å²) in [5.41, 5.74) is 5.21. The number of nitrogens with one attached hydrogen (secondary N) is 1. The SMILES string of the molecule is CSCC(=O)NC(C)C=C(C)c1ccc2c(c1)CC(c1cc(N)cc(Cl)c1)(C(F)(F)F)O2. The fourth-order valence-corrected chi connectivity index (χ4v) is 4.41. The summed E-state index contributed by atoms with van der Waals surface area (Å²) in [4.78, 5) is 11.8. The lowest BCUT2D eigenvalue weighted by atomic mass is 9.87. The number of allylic oxidation sites excluding steroid dienone is 1. The molecule has 9 heteroatoms. The lowest BCUT2D eigenvalue weighted by Gasteiger charge is -2.32. The summed E-state index contributed by atoms with van der Waals surface area (Å²) in [7, 11) is 0. The van der Waals surface area contributed by atoms with E-state index in [1.54, 1.807) is 18.2 Å². The van der Waals surface area contributed by atoms with Gasteiger partial charge in [-0.25, -0.2) is 0 Å². The maximum absolute atomic E-state index is 14.3. The number of fused-ring (bicyclic) bond motifs is 1. The summed E-state index contributed by atoms with van der Waals surface area (Å²) < 4.78 is 48.4. The molecule has 0 aliphatic carbocycles. The molecule has 1 amide bonds. The zero-order valence-corrected chi connectivity index (χ0v) is 19.4. The van der Waals surface area contributed by atoms with Gasteiger partial charge in [0.15, 0.2) is 0 Å². The minimum atomic E-state index is -4.69. The molecule has 0 saturated carbocycles. The second-order valence-electron chi connectivity index (χ2n) is 7.84. The number of hydrogen-bond donors (Lipinski definition) is 2. The zero-order chi connectivity index (χ0) is 23.7. The summed E-state index contributed by atoms with van der Waals surface area (Å²) in [6.45, 7) is 3.69. The van der Waals surface area contributed by atoms with Crippen molar-refractivity contribution < 1.29 is 22.7 Å². The minimum Gasteiger partial charge on any atom is -0.472 e. The number of nitrogens with two attached hydrogens (primary N) is 1. The standard InChI is InChI=1S/C23H24ClF3N2O2S/c1-13(6-14(2)29-21(30)12-32-3)15-4-5-20-16(7-15)11-22(31-20,23(25,26)27)17-8-18(24)10-19(28)9-17/h4-10,14H,11-12,28H2,1-3H3,(H,29,30). The van der Waals surface area contributed by atoms with Gasteiger partial charge in [0.25, 0.3) is 0 Å². The van der Waals surface area contributed by atoms with E-state index in [4.69, 9.17) is 22.1 Å². The highest BCUT2D eigenvalue weighted by Crippen LogP contribution is 2.51. The number of halogens is 4. The molecule has 2 aromatic rings. The van der Waals surface area contributed by atoms with E-state index in [9.17, 15) is 18.0 Å². The Labute approximate surface area is 194 Å². The van der Waals surface area contributed by atoms with Gasteiger partial charge in [0.05, 0.1) is 5.75 Å². The number of ether oxygens (including phenoxy) is 1. The van der Waals surface area contributed by atoms with Crippen LogP contribution in [0.2, 0.25) is 5.02 Å². The number of alkyl halides is 3. The molecule has 2 aromatic carbocycles. The number of thioether (sulfide) groups is 1. The van der Waals surface area contributed by atoms with Gasteiger partial charge in [0, 0.05) is 28.7 Å². The predicted molar refractivity (Wildman–Crippen MR) is 124 cm³/mol. The highest BCUT2D eigenvalue weighted by atomic mass is 35.5. The van der Waals surface area contributed by atoms with E-state index in [1.165, 1.54) is 30.0 Å². The summed E-state index contributed by atoms with van der Waals surface area (Å²) in [6, 6.07) is 8.60. The summed E-state index contributed by atoms with van der Waals surface area (Å²) >= 11 is 7.41. The number of amides is 1. The van der Waals surface area contributed by atoms with Crippen LogP contribution in [0.15, 0.2) is 42.5 Å². The van der Waals surface area contributed by atoms with Crippen LogP contribution in [-0.4, -0.2) is 30.1 Å². The van der Waals surface area contributed by atoms with E-state index in [0.29, 0.717) is 11.3 Å². The Bertz CT molecular complexity index is 1040. The first-order valence-corrected chi connectivity index (χ1v) is 11.6. The van der Waals surface area contributed by atoms with Crippen LogP contribution in [0.1, 0.15) is 30.5 Å². The highest BCUT2D eigenvalue weighted by Gasteiger charge is 2.61. The lowest BCUT2D eigenvalue weighted by molar-refractivity contribution is -0.248. The number of benzene rings is 2. The maximum atomic E-state index is 14.3. The molecule has 2 atom stereocenters. The van der Waals surface area contributed by atoms with Gasteiger partial charge >= 0.3 is 6.18 Å². The quantitative estimate of drug-likeness (QED) is 0.525. The summed E-state index contributed by atoms with van der Waals surface area (Å²) in [5.74, 6) is 0.451. The van der Waals surface area contributed by atoms with Crippen molar-refractivity contribution in [3.05, 3.63) is 64.2 Å². The third-order valence-electron chi connectivity index (χ3n) is 5.25. The molecule has 0 radical (unpaired) electrons. The average Bonchev–Trinajstić information content (AvgIpc) is 3.07. The molecule has 3 rings (SSSR count). The smallest absolute Gasteiger partial charge is 0.432 e. The second kappa shape index (κ2) is 9.27. The van der Waals surface area contributed by atoms with Crippen LogP contribution in [0.25, 0.3) is 5.57 Å². The Kier molecular flexibility index (Phi) is 7.05. The Hall–Kier alpha value is -2.32. The third kappa shape index (κ3) is 5.02. The largest absolute Gasteiger partial charge is 0.472 e. The third-order valence-corrected chi connectivity index (χ3v) is 6.02. The topological polar surface area (TPSA) is 64.4 Å². The minimum absolute atomic E-state index is 0.0767. The second-order valence-corrected chi connectivity index (χ2v) is 9.14. The van der Waals surface area contributed by atoms with Gasteiger partial charge < -0.3 is 15.8 Å². The molecule has 4 nitrogen and oxygen atoms in total. The molecule has 32 heavy (non-hydrogen) atoms. The molecule has 1 heterocycles. The summed E-state index contributed by atoms with van der Waals surface area (Å²) in [5, 5.41) is 2.98. The van der Waals surface area contributed by atoms with Gasteiger partial charge in [0.2, 0.25) is 11.5 Å². The molecule has 0 fully saturated rings. The number of carbonyl (C=O) groups is 1. The highest BCUT2D eigenvalue weighted by molar-refractivity contribution is 7.99. The monoisotopic (exact) mass is 484 g/mol. The first kappa shape index (κ1) is 24.3. The van der Waals surface area contributed by atoms with Crippen LogP contribution in [-0.2, 0) is 16.8 Å². The van der Waals surface area contributed by atoms with Crippen molar-refractivity contribution in [3.8, 4) is 5.75 Å². The normalized spacial score (nSPS) is 19.3. The van der Waals surface area contributed by atoms with E-state index in [0.717, 1.165) is 11.1 Å². The van der Waals surface area contributed by atoms with Crippen molar-refractivity contribution in [2.45, 2.75) is 38.1 Å². The molecule has 0 spiro atoms. The van der Waals surface area contributed by atoms with Gasteiger partial charge in [-0.05, 0) is 67.1 Å². The Morgan fingerprint density at radius 3 is 2.69 bits per heavy atom. The van der Waals surface area contributed by atoms with Crippen LogP contribution in [0.5, 0.6) is 5.75 Å². The van der Waals surface area contributed by atoms with E-state index < -0.39 is 18.2 Å². The lowest BCUT2D eigenvalue weighted by Crippen LogP contribution is -2.46. The van der Waals surface area contributed by atoms with Gasteiger partial charge in [-0.15, -0.1) is 0 Å². The predicted octanol–water partition coefficient (Wildman–Crippen LogP) is 5.59. The molecular weight excluding hydrogens is 461 g/mol. The van der Waals surface area contributed by atoms with Crippen LogP contribution >= 0.6 is 23.4 Å². The van der Waals surface area contributed by atoms with Crippen molar-refractivity contribution in [1.29, 1.82) is 0 Å². The molecule has 3 N–H and O–H groups in total. The number of hydrogen-bond acceptors (Lipinski definition) is 4. The molecule has 1 aliphatic rings. The Balaban J connectivity index is 1.92. The van der Waals surface area contributed by atoms with Crippen molar-refractivity contribution in [3.63, 3.8) is 0 Å². The first-order chi connectivity index (χ1) is 14.9. The Morgan fingerprint density at radius 1 is 1.34 bits per heavy atom. The molecule has 0 saturated heterocycles. The van der Waals surface area contributed by atoms with E-state index in [2.05, 4.69) is 5.32 Å². The summed E-state index contributed by atoms with van der Waals surface area (Å²) in [6.07, 6.45) is -1.38. The molecule has 0 aromatic heterocycles. The molecule has 2 unspecified atom stereocenters. The number of nitrogen functional groups attached to an aromatic ring is 1. The first-order valence-electron chi connectivity index (χ1n) is 9.87. The van der Waals surface area contributed by atoms with Gasteiger partial charge in [-0.3, -0.25) is 4.79 Å². The number of rotatable bonds is 6. The number of anilines is 1. The van der Waals surface area contributed by atoms with Gasteiger partial charge in [-0.1, -0.05) is 23.7 Å². The molecular formula is C23H24ClF3N2O2S. The van der Waals surface area contributed by atoms with Crippen LogP contribution in [0, 0.1) is 0 Å². The molecule has 172 valence electrons. The fraction of sp³-hybridized carbons (Fsp3) is 0.348. The van der Waals surface area contributed by atoms with E-state index >= 15 is 0 Å². The van der Waals surface area contributed by atoms with Gasteiger partial charge in [-0.2, -0.15) is 24.9 Å². The maximum Gasteiger partial charge on any atom is 0.432 e. The van der Waals surface area contributed by atoms with E-state index in [-0.39, 0.29) is 34.0 Å². The van der Waals surface area contributed by atoms with Crippen molar-refractivity contribution in [2.24, 2.45) is 0 Å². The van der Waals surface area contributed by atoms with Crippen molar-refractivity contribution in [1.82, 2.24) is 5.32 Å². The number of carbonyl (C=O) groups excluding carboxylic acids is 1. The molecule has 1 aliphatic heterocycles. The average molecular weight is 485 g/mol. The fourth-order valence-electron chi connectivity index (χ4n) is 3.82. The van der Waals surface area contributed by atoms with Gasteiger partial charge in [0.1, 0.15) is 5.75 Å². The van der Waals surface area contributed by atoms with Crippen LogP contribution in [0.3, 0.4) is 0 Å². The van der Waals surface area contributed by atoms with Crippen LogP contribution in [0.4, 0.5) is 18.9 Å². The van der Waals surface area contributed by atoms with Crippen molar-refractivity contribution >= 4 is 40.5 Å². The zero-order valence-electron chi connectivity index (χ0n) is 17.8. The van der Waals surface area contributed by atoms with Crippen molar-refractivity contribution in [2.75, 3.05) is 17.7 Å². The Morgan fingerprint density at radius 2 is 2.06 bits per heavy atom. The van der Waals surface area contributed by atoms with E-state index in [1.807, 2.05) is 26.2 Å². The van der Waals surface area contributed by atoms with Crippen LogP contribution < -0.4 is 15.8 Å².